The zero-order chi connectivity index (χ0) is 19.2. The summed E-state index contributed by atoms with van der Waals surface area (Å²) in [6.07, 6.45) is 3.55. The number of halogens is 1. The van der Waals surface area contributed by atoms with Crippen molar-refractivity contribution in [3.8, 4) is 17.2 Å². The van der Waals surface area contributed by atoms with Crippen LogP contribution in [0.1, 0.15) is 25.3 Å². The largest absolute Gasteiger partial charge is 0.504 e. The van der Waals surface area contributed by atoms with Crippen LogP contribution in [-0.2, 0) is 6.54 Å². The van der Waals surface area contributed by atoms with Gasteiger partial charge in [-0.3, -0.25) is 4.90 Å². The number of likely N-dealkylation sites (tertiary alicyclic amines) is 1. The molecule has 2 aromatic rings. The summed E-state index contributed by atoms with van der Waals surface area (Å²) in [6.45, 7) is 5.19. The van der Waals surface area contributed by atoms with Crippen molar-refractivity contribution in [3.05, 3.63) is 35.2 Å². The van der Waals surface area contributed by atoms with Crippen molar-refractivity contribution < 1.29 is 14.6 Å². The second-order valence-electron chi connectivity index (χ2n) is 6.49. The molecule has 0 unspecified atom stereocenters. The average Bonchev–Trinajstić information content (AvgIpc) is 2.66. The molecule has 0 bridgehead atoms. The number of rotatable bonds is 7. The van der Waals surface area contributed by atoms with Gasteiger partial charge in [-0.15, -0.1) is 0 Å². The number of aromatic hydroxyl groups is 1. The van der Waals surface area contributed by atoms with E-state index in [1.165, 1.54) is 0 Å². The monoisotopic (exact) mass is 392 g/mol. The number of methoxy groups -OCH3 is 1. The summed E-state index contributed by atoms with van der Waals surface area (Å²) in [5.74, 6) is 1.95. The van der Waals surface area contributed by atoms with Crippen LogP contribution in [-0.4, -0.2) is 52.8 Å². The van der Waals surface area contributed by atoms with Gasteiger partial charge in [-0.05, 0) is 49.1 Å². The molecule has 27 heavy (non-hydrogen) atoms. The number of anilines is 1. The Balaban J connectivity index is 1.55. The van der Waals surface area contributed by atoms with Crippen LogP contribution in [0.3, 0.4) is 0 Å². The smallest absolute Gasteiger partial charge is 0.224 e. The van der Waals surface area contributed by atoms with Crippen LogP contribution in [0.2, 0.25) is 5.28 Å². The van der Waals surface area contributed by atoms with E-state index < -0.39 is 0 Å². The number of hydrogen-bond acceptors (Lipinski definition) is 7. The molecule has 1 aliphatic rings. The Kier molecular flexibility index (Phi) is 6.58. The molecule has 1 aromatic heterocycles. The van der Waals surface area contributed by atoms with Crippen LogP contribution >= 0.6 is 11.6 Å². The number of nitrogens with one attached hydrogen (secondary N) is 1. The summed E-state index contributed by atoms with van der Waals surface area (Å²) < 4.78 is 10.8. The molecule has 0 saturated carbocycles. The summed E-state index contributed by atoms with van der Waals surface area (Å²) in [7, 11) is 1.59. The third-order valence-electron chi connectivity index (χ3n) is 4.60. The Morgan fingerprint density at radius 1 is 1.30 bits per heavy atom. The van der Waals surface area contributed by atoms with Crippen molar-refractivity contribution in [3.63, 3.8) is 0 Å². The van der Waals surface area contributed by atoms with Gasteiger partial charge >= 0.3 is 0 Å². The van der Waals surface area contributed by atoms with Gasteiger partial charge < -0.3 is 19.9 Å². The first kappa shape index (κ1) is 19.5. The highest BCUT2D eigenvalue weighted by Crippen LogP contribution is 2.28. The molecule has 1 aliphatic heterocycles. The average molecular weight is 393 g/mol. The zero-order valence-electron chi connectivity index (χ0n) is 15.6. The first-order valence-electron chi connectivity index (χ1n) is 9.09. The van der Waals surface area contributed by atoms with E-state index >= 15 is 0 Å². The highest BCUT2D eigenvalue weighted by molar-refractivity contribution is 6.28. The van der Waals surface area contributed by atoms with E-state index in [2.05, 4.69) is 20.2 Å². The summed E-state index contributed by atoms with van der Waals surface area (Å²) in [4.78, 5) is 10.6. The first-order valence-corrected chi connectivity index (χ1v) is 9.47. The minimum Gasteiger partial charge on any atom is -0.504 e. The van der Waals surface area contributed by atoms with Gasteiger partial charge in [0.15, 0.2) is 23.1 Å². The molecule has 8 heteroatoms. The molecule has 0 amide bonds. The van der Waals surface area contributed by atoms with Crippen LogP contribution in [0.5, 0.6) is 17.2 Å². The Labute approximate surface area is 164 Å². The summed E-state index contributed by atoms with van der Waals surface area (Å²) in [6, 6.07) is 5.85. The van der Waals surface area contributed by atoms with Crippen molar-refractivity contribution in [2.75, 3.05) is 32.1 Å². The molecule has 2 N–H and O–H groups in total. The van der Waals surface area contributed by atoms with Gasteiger partial charge in [0.05, 0.1) is 19.9 Å². The van der Waals surface area contributed by atoms with Crippen LogP contribution in [0.25, 0.3) is 0 Å². The van der Waals surface area contributed by atoms with Gasteiger partial charge in [-0.1, -0.05) is 6.07 Å². The van der Waals surface area contributed by atoms with Crippen molar-refractivity contribution in [1.29, 1.82) is 0 Å². The SMILES string of the molecule is CCOc1cc(CN2CCC(Nc3nc(Cl)ncc3OC)CC2)ccc1O. The highest BCUT2D eigenvalue weighted by Gasteiger charge is 2.21. The molecule has 1 fully saturated rings. The lowest BCUT2D eigenvalue weighted by Gasteiger charge is -2.32. The molecule has 1 aromatic carbocycles. The summed E-state index contributed by atoms with van der Waals surface area (Å²) >= 11 is 5.90. The van der Waals surface area contributed by atoms with Crippen molar-refractivity contribution in [2.24, 2.45) is 0 Å². The topological polar surface area (TPSA) is 79.7 Å². The fourth-order valence-electron chi connectivity index (χ4n) is 3.22. The van der Waals surface area contributed by atoms with E-state index in [1.54, 1.807) is 19.4 Å². The second-order valence-corrected chi connectivity index (χ2v) is 6.82. The number of ether oxygens (including phenoxy) is 2. The van der Waals surface area contributed by atoms with Crippen molar-refractivity contribution in [1.82, 2.24) is 14.9 Å². The van der Waals surface area contributed by atoms with Gasteiger partial charge in [0.25, 0.3) is 0 Å². The predicted octanol–water partition coefficient (Wildman–Crippen LogP) is 3.32. The third-order valence-corrected chi connectivity index (χ3v) is 4.79. The molecular weight excluding hydrogens is 368 g/mol. The van der Waals surface area contributed by atoms with Gasteiger partial charge in [-0.25, -0.2) is 4.98 Å². The quantitative estimate of drug-likeness (QED) is 0.699. The van der Waals surface area contributed by atoms with Crippen LogP contribution in [0.15, 0.2) is 24.4 Å². The van der Waals surface area contributed by atoms with Crippen LogP contribution < -0.4 is 14.8 Å². The fraction of sp³-hybridized carbons (Fsp3) is 0.474. The minimum absolute atomic E-state index is 0.181. The molecule has 0 atom stereocenters. The number of phenolic OH excluding ortho intramolecular Hbond substituents is 1. The summed E-state index contributed by atoms with van der Waals surface area (Å²) in [5, 5.41) is 13.5. The van der Waals surface area contributed by atoms with Gasteiger partial charge in [0, 0.05) is 25.7 Å². The molecule has 0 spiro atoms. The van der Waals surface area contributed by atoms with Gasteiger partial charge in [0.1, 0.15) is 0 Å². The molecule has 7 nitrogen and oxygen atoms in total. The van der Waals surface area contributed by atoms with Crippen molar-refractivity contribution in [2.45, 2.75) is 32.4 Å². The second kappa shape index (κ2) is 9.10. The number of nitrogens with zero attached hydrogens (tertiary/aromatic N) is 3. The lowest BCUT2D eigenvalue weighted by molar-refractivity contribution is 0.210. The number of hydrogen-bond donors (Lipinski definition) is 2. The van der Waals surface area contributed by atoms with E-state index in [0.717, 1.165) is 38.0 Å². The molecule has 1 saturated heterocycles. The number of piperidine rings is 1. The van der Waals surface area contributed by atoms with Gasteiger partial charge in [-0.2, -0.15) is 4.98 Å². The number of aromatic nitrogens is 2. The van der Waals surface area contributed by atoms with E-state index in [1.807, 2.05) is 19.1 Å². The van der Waals surface area contributed by atoms with E-state index in [9.17, 15) is 5.11 Å². The fourth-order valence-corrected chi connectivity index (χ4v) is 3.35. The maximum atomic E-state index is 9.83. The summed E-state index contributed by atoms with van der Waals surface area (Å²) in [5.41, 5.74) is 1.13. The van der Waals surface area contributed by atoms with Crippen LogP contribution in [0.4, 0.5) is 5.82 Å². The molecule has 0 aliphatic carbocycles. The minimum atomic E-state index is 0.181. The highest BCUT2D eigenvalue weighted by atomic mass is 35.5. The Morgan fingerprint density at radius 3 is 2.78 bits per heavy atom. The third kappa shape index (κ3) is 5.14. The molecule has 3 rings (SSSR count). The lowest BCUT2D eigenvalue weighted by Crippen LogP contribution is -2.38. The number of benzene rings is 1. The molecule has 2 heterocycles. The Bertz CT molecular complexity index is 767. The lowest BCUT2D eigenvalue weighted by atomic mass is 10.0. The molecular formula is C19H25ClN4O3. The maximum absolute atomic E-state index is 9.83. The molecule has 0 radical (unpaired) electrons. The standard InChI is InChI=1S/C19H25ClN4O3/c1-3-27-16-10-13(4-5-15(16)25)12-24-8-6-14(7-9-24)22-18-17(26-2)11-21-19(20)23-18/h4-5,10-11,14,25H,3,6-9,12H2,1-2H3,(H,21,22,23). The van der Waals surface area contributed by atoms with Crippen molar-refractivity contribution >= 4 is 17.4 Å². The molecule has 146 valence electrons. The zero-order valence-corrected chi connectivity index (χ0v) is 16.4. The van der Waals surface area contributed by atoms with Gasteiger partial charge in [0.2, 0.25) is 5.28 Å². The predicted molar refractivity (Wildman–Crippen MR) is 105 cm³/mol. The first-order chi connectivity index (χ1) is 13.1. The Hall–Kier alpha value is -2.25. The normalized spacial score (nSPS) is 15.5. The Morgan fingerprint density at radius 2 is 2.07 bits per heavy atom. The maximum Gasteiger partial charge on any atom is 0.224 e. The number of phenols is 1. The van der Waals surface area contributed by atoms with Crippen LogP contribution in [0, 0.1) is 0 Å². The van der Waals surface area contributed by atoms with E-state index in [0.29, 0.717) is 30.0 Å². The van der Waals surface area contributed by atoms with E-state index in [-0.39, 0.29) is 11.0 Å². The van der Waals surface area contributed by atoms with E-state index in [4.69, 9.17) is 21.1 Å².